The molecule has 1 aliphatic rings. The van der Waals surface area contributed by atoms with Crippen molar-refractivity contribution in [2.75, 3.05) is 31.2 Å². The normalized spacial score (nSPS) is 14.9. The van der Waals surface area contributed by atoms with Crippen LogP contribution in [0.15, 0.2) is 42.5 Å². The highest BCUT2D eigenvalue weighted by molar-refractivity contribution is 7.21. The van der Waals surface area contributed by atoms with Crippen molar-refractivity contribution in [1.29, 1.82) is 0 Å². The molecule has 1 saturated heterocycles. The molecule has 0 unspecified atom stereocenters. The molecule has 0 N–H and O–H groups in total. The van der Waals surface area contributed by atoms with Crippen LogP contribution in [0.25, 0.3) is 20.8 Å². The molecular weight excluding hydrogens is 326 g/mol. The quantitative estimate of drug-likeness (QED) is 0.536. The number of benzene rings is 2. The van der Waals surface area contributed by atoms with Gasteiger partial charge in [-0.2, -0.15) is 0 Å². The minimum Gasteiger partial charge on any atom is -0.378 e. The van der Waals surface area contributed by atoms with E-state index < -0.39 is 0 Å². The van der Waals surface area contributed by atoms with Gasteiger partial charge in [0.15, 0.2) is 0 Å². The topological polar surface area (TPSA) is 68.5 Å². The summed E-state index contributed by atoms with van der Waals surface area (Å²) in [6.07, 6.45) is 0. The van der Waals surface area contributed by atoms with E-state index in [9.17, 15) is 10.1 Å². The largest absolute Gasteiger partial charge is 0.378 e. The number of non-ortho nitro benzene ring substituents is 1. The first-order valence-electron chi connectivity index (χ1n) is 7.69. The Hall–Kier alpha value is -2.51. The second kappa shape index (κ2) is 6.18. The van der Waals surface area contributed by atoms with Crippen molar-refractivity contribution < 1.29 is 9.66 Å². The number of aromatic nitrogens is 1. The van der Waals surface area contributed by atoms with Crippen molar-refractivity contribution in [3.8, 4) is 10.6 Å². The van der Waals surface area contributed by atoms with Gasteiger partial charge in [0.1, 0.15) is 5.01 Å². The van der Waals surface area contributed by atoms with Crippen LogP contribution < -0.4 is 4.90 Å². The summed E-state index contributed by atoms with van der Waals surface area (Å²) >= 11 is 1.56. The number of nitrogens with zero attached hydrogens (tertiary/aromatic N) is 3. The molecule has 0 bridgehead atoms. The van der Waals surface area contributed by atoms with Gasteiger partial charge in [0.05, 0.1) is 28.4 Å². The molecule has 24 heavy (non-hydrogen) atoms. The number of para-hydroxylation sites is 1. The number of nitro groups is 1. The van der Waals surface area contributed by atoms with Gasteiger partial charge >= 0.3 is 0 Å². The van der Waals surface area contributed by atoms with Gasteiger partial charge in [-0.25, -0.2) is 4.98 Å². The number of fused-ring (bicyclic) bond motifs is 1. The molecule has 4 rings (SSSR count). The summed E-state index contributed by atoms with van der Waals surface area (Å²) < 4.78 is 6.49. The standard InChI is InChI=1S/C17H15N3O3S/c21-20(22)12-5-6-15(19-7-9-23-10-8-19)13(11-12)17-18-14-3-1-2-4-16(14)24-17/h1-6,11H,7-10H2. The fourth-order valence-corrected chi connectivity index (χ4v) is 3.87. The lowest BCUT2D eigenvalue weighted by atomic mass is 10.1. The summed E-state index contributed by atoms with van der Waals surface area (Å²) in [6.45, 7) is 2.87. The van der Waals surface area contributed by atoms with Gasteiger partial charge in [-0.3, -0.25) is 10.1 Å². The van der Waals surface area contributed by atoms with E-state index in [1.54, 1.807) is 23.5 Å². The summed E-state index contributed by atoms with van der Waals surface area (Å²) in [5.74, 6) is 0. The monoisotopic (exact) mass is 341 g/mol. The summed E-state index contributed by atoms with van der Waals surface area (Å²) in [4.78, 5) is 17.7. The first kappa shape index (κ1) is 15.0. The van der Waals surface area contributed by atoms with Crippen LogP contribution in [0.5, 0.6) is 0 Å². The SMILES string of the molecule is O=[N+]([O-])c1ccc(N2CCOCC2)c(-c2nc3ccccc3s2)c1. The molecule has 0 atom stereocenters. The molecule has 0 aliphatic carbocycles. The van der Waals surface area contributed by atoms with Crippen LogP contribution in [0, 0.1) is 10.1 Å². The summed E-state index contributed by atoms with van der Waals surface area (Å²) in [5.41, 5.74) is 2.79. The van der Waals surface area contributed by atoms with Gasteiger partial charge in [-0.05, 0) is 18.2 Å². The van der Waals surface area contributed by atoms with Gasteiger partial charge < -0.3 is 9.64 Å². The van der Waals surface area contributed by atoms with Gasteiger partial charge in [0, 0.05) is 36.5 Å². The minimum atomic E-state index is -0.361. The smallest absolute Gasteiger partial charge is 0.270 e. The van der Waals surface area contributed by atoms with Crippen LogP contribution in [0.2, 0.25) is 0 Å². The Bertz CT molecular complexity index is 870. The molecule has 2 aromatic carbocycles. The van der Waals surface area contributed by atoms with E-state index in [4.69, 9.17) is 4.74 Å². The summed E-state index contributed by atoms with van der Waals surface area (Å²) in [6, 6.07) is 12.9. The van der Waals surface area contributed by atoms with Gasteiger partial charge in [-0.15, -0.1) is 11.3 Å². The molecular formula is C17H15N3O3S. The summed E-state index contributed by atoms with van der Waals surface area (Å²) in [5, 5.41) is 12.0. The number of ether oxygens (including phenoxy) is 1. The van der Waals surface area contributed by atoms with E-state index in [1.807, 2.05) is 30.3 Å². The number of rotatable bonds is 3. The van der Waals surface area contributed by atoms with E-state index >= 15 is 0 Å². The van der Waals surface area contributed by atoms with E-state index in [2.05, 4.69) is 9.88 Å². The lowest BCUT2D eigenvalue weighted by Gasteiger charge is -2.30. The molecule has 7 heteroatoms. The van der Waals surface area contributed by atoms with E-state index in [0.29, 0.717) is 13.2 Å². The number of morpholine rings is 1. The number of thiazole rings is 1. The van der Waals surface area contributed by atoms with Gasteiger partial charge in [-0.1, -0.05) is 12.1 Å². The van der Waals surface area contributed by atoms with Crippen molar-refractivity contribution in [2.24, 2.45) is 0 Å². The fourth-order valence-electron chi connectivity index (χ4n) is 2.88. The Kier molecular flexibility index (Phi) is 3.87. The molecule has 0 saturated carbocycles. The zero-order valence-corrected chi connectivity index (χ0v) is 13.7. The zero-order valence-electron chi connectivity index (χ0n) is 12.8. The zero-order chi connectivity index (χ0) is 16.5. The highest BCUT2D eigenvalue weighted by atomic mass is 32.1. The van der Waals surface area contributed by atoms with Crippen LogP contribution in [0.1, 0.15) is 0 Å². The van der Waals surface area contributed by atoms with E-state index in [-0.39, 0.29) is 10.6 Å². The van der Waals surface area contributed by atoms with Crippen LogP contribution in [-0.4, -0.2) is 36.2 Å². The van der Waals surface area contributed by atoms with Crippen molar-refractivity contribution in [3.63, 3.8) is 0 Å². The molecule has 6 nitrogen and oxygen atoms in total. The molecule has 0 amide bonds. The maximum Gasteiger partial charge on any atom is 0.270 e. The van der Waals surface area contributed by atoms with Crippen molar-refractivity contribution in [2.45, 2.75) is 0 Å². The van der Waals surface area contributed by atoms with Crippen LogP contribution in [0.4, 0.5) is 11.4 Å². The molecule has 0 radical (unpaired) electrons. The van der Waals surface area contributed by atoms with Crippen molar-refractivity contribution in [3.05, 3.63) is 52.6 Å². The maximum absolute atomic E-state index is 11.2. The summed E-state index contributed by atoms with van der Waals surface area (Å²) in [7, 11) is 0. The molecule has 0 spiro atoms. The first-order chi connectivity index (χ1) is 11.7. The predicted molar refractivity (Wildman–Crippen MR) is 94.7 cm³/mol. The molecule has 3 aromatic rings. The average Bonchev–Trinajstić information content (AvgIpc) is 3.06. The van der Waals surface area contributed by atoms with E-state index in [1.165, 1.54) is 0 Å². The van der Waals surface area contributed by atoms with Crippen LogP contribution in [0.3, 0.4) is 0 Å². The fraction of sp³-hybridized carbons (Fsp3) is 0.235. The van der Waals surface area contributed by atoms with Crippen molar-refractivity contribution >= 4 is 32.9 Å². The number of hydrogen-bond donors (Lipinski definition) is 0. The predicted octanol–water partition coefficient (Wildman–Crippen LogP) is 3.71. The molecule has 1 aromatic heterocycles. The molecule has 2 heterocycles. The van der Waals surface area contributed by atoms with Crippen LogP contribution >= 0.6 is 11.3 Å². The third kappa shape index (κ3) is 2.72. The molecule has 1 fully saturated rings. The maximum atomic E-state index is 11.2. The Labute approximate surface area is 142 Å². The first-order valence-corrected chi connectivity index (χ1v) is 8.51. The van der Waals surface area contributed by atoms with E-state index in [0.717, 1.165) is 39.6 Å². The highest BCUT2D eigenvalue weighted by Crippen LogP contribution is 2.38. The minimum absolute atomic E-state index is 0.0845. The Morgan fingerprint density at radius 1 is 1.17 bits per heavy atom. The number of nitro benzene ring substituents is 1. The van der Waals surface area contributed by atoms with Gasteiger partial charge in [0.25, 0.3) is 5.69 Å². The third-order valence-corrected chi connectivity index (χ3v) is 5.14. The number of hydrogen-bond acceptors (Lipinski definition) is 6. The lowest BCUT2D eigenvalue weighted by Crippen LogP contribution is -2.36. The average molecular weight is 341 g/mol. The second-order valence-electron chi connectivity index (χ2n) is 5.54. The second-order valence-corrected chi connectivity index (χ2v) is 6.58. The Morgan fingerprint density at radius 3 is 2.71 bits per heavy atom. The van der Waals surface area contributed by atoms with Crippen molar-refractivity contribution in [1.82, 2.24) is 4.98 Å². The third-order valence-electron chi connectivity index (χ3n) is 4.07. The van der Waals surface area contributed by atoms with Crippen LogP contribution in [-0.2, 0) is 4.74 Å². The Balaban J connectivity index is 1.86. The van der Waals surface area contributed by atoms with Gasteiger partial charge in [0.2, 0.25) is 0 Å². The molecule has 1 aliphatic heterocycles. The highest BCUT2D eigenvalue weighted by Gasteiger charge is 2.21. The lowest BCUT2D eigenvalue weighted by molar-refractivity contribution is -0.384. The Morgan fingerprint density at radius 2 is 1.96 bits per heavy atom. The number of anilines is 1. The molecule has 122 valence electrons.